The number of β-amino-alcohol motifs (C(OH)–C–C–N with tert-alkyl or cyclic N) is 1. The molecule has 2 amide bonds. The van der Waals surface area contributed by atoms with Crippen LogP contribution in [0.25, 0.3) is 11.5 Å². The van der Waals surface area contributed by atoms with Gasteiger partial charge in [0.1, 0.15) is 18.1 Å². The van der Waals surface area contributed by atoms with Crippen molar-refractivity contribution in [1.82, 2.24) is 20.4 Å². The molecule has 9 heteroatoms. The third-order valence-corrected chi connectivity index (χ3v) is 5.00. The van der Waals surface area contributed by atoms with Crippen LogP contribution >= 0.6 is 0 Å². The summed E-state index contributed by atoms with van der Waals surface area (Å²) < 4.78 is 10.3. The largest absolute Gasteiger partial charge is 0.445 e. The fourth-order valence-corrected chi connectivity index (χ4v) is 3.53. The molecule has 3 heterocycles. The van der Waals surface area contributed by atoms with E-state index in [-0.39, 0.29) is 31.2 Å². The number of nitrogens with zero attached hydrogens (tertiary/aromatic N) is 3. The summed E-state index contributed by atoms with van der Waals surface area (Å²) in [6, 6.07) is 8.44. The molecule has 1 aliphatic heterocycles. The van der Waals surface area contributed by atoms with Crippen LogP contribution in [0.1, 0.15) is 23.4 Å². The molecule has 1 fully saturated rings. The lowest BCUT2D eigenvalue weighted by Gasteiger charge is -2.23. The van der Waals surface area contributed by atoms with E-state index in [0.717, 1.165) is 11.1 Å². The molecule has 3 aromatic rings. The first-order chi connectivity index (χ1) is 14.5. The van der Waals surface area contributed by atoms with Gasteiger partial charge in [-0.3, -0.25) is 9.59 Å². The summed E-state index contributed by atoms with van der Waals surface area (Å²) in [4.78, 5) is 30.9. The van der Waals surface area contributed by atoms with Gasteiger partial charge in [0.05, 0.1) is 24.4 Å². The number of carbonyl (C=O) groups is 2. The van der Waals surface area contributed by atoms with E-state index in [1.54, 1.807) is 19.2 Å². The molecule has 9 nitrogen and oxygen atoms in total. The lowest BCUT2D eigenvalue weighted by atomic mass is 10.1. The predicted octanol–water partition coefficient (Wildman–Crippen LogP) is 1.46. The summed E-state index contributed by atoms with van der Waals surface area (Å²) in [7, 11) is 0. The van der Waals surface area contributed by atoms with E-state index >= 15 is 0 Å². The van der Waals surface area contributed by atoms with E-state index in [0.29, 0.717) is 23.9 Å². The van der Waals surface area contributed by atoms with Gasteiger partial charge in [0, 0.05) is 31.1 Å². The van der Waals surface area contributed by atoms with Gasteiger partial charge in [0.2, 0.25) is 17.7 Å². The highest BCUT2D eigenvalue weighted by molar-refractivity contribution is 5.89. The number of aryl methyl sites for hydroxylation is 1. The second-order valence-corrected chi connectivity index (χ2v) is 7.31. The zero-order valence-corrected chi connectivity index (χ0v) is 16.4. The number of likely N-dealkylation sites (tertiary alicyclic amines) is 1. The van der Waals surface area contributed by atoms with Crippen LogP contribution in [0, 0.1) is 6.92 Å². The average molecular weight is 410 g/mol. The van der Waals surface area contributed by atoms with Gasteiger partial charge in [-0.2, -0.15) is 0 Å². The highest BCUT2D eigenvalue weighted by Crippen LogP contribution is 2.21. The van der Waals surface area contributed by atoms with Crippen LogP contribution in [0.15, 0.2) is 51.7 Å². The van der Waals surface area contributed by atoms with Crippen molar-refractivity contribution in [1.29, 1.82) is 0 Å². The smallest absolute Gasteiger partial charge is 0.243 e. The number of hydrogen-bond acceptors (Lipinski definition) is 7. The van der Waals surface area contributed by atoms with Crippen LogP contribution in [0.2, 0.25) is 0 Å². The Morgan fingerprint density at radius 1 is 1.30 bits per heavy atom. The molecule has 2 aromatic heterocycles. The van der Waals surface area contributed by atoms with Crippen LogP contribution < -0.4 is 5.32 Å². The van der Waals surface area contributed by atoms with E-state index in [1.165, 1.54) is 11.2 Å². The molecule has 156 valence electrons. The summed E-state index contributed by atoms with van der Waals surface area (Å²) in [5, 5.41) is 16.6. The molecule has 1 saturated heterocycles. The van der Waals surface area contributed by atoms with Crippen molar-refractivity contribution in [2.45, 2.75) is 38.5 Å². The first kappa shape index (κ1) is 19.8. The third-order valence-electron chi connectivity index (χ3n) is 5.00. The minimum absolute atomic E-state index is 0.000380. The summed E-state index contributed by atoms with van der Waals surface area (Å²) in [5.41, 5.74) is 2.42. The zero-order chi connectivity index (χ0) is 21.1. The van der Waals surface area contributed by atoms with Crippen LogP contribution in [0.4, 0.5) is 0 Å². The van der Waals surface area contributed by atoms with Crippen LogP contribution in [-0.2, 0) is 22.6 Å². The Hall–Kier alpha value is -3.46. The first-order valence-electron chi connectivity index (χ1n) is 9.66. The van der Waals surface area contributed by atoms with Gasteiger partial charge in [0.25, 0.3) is 0 Å². The Morgan fingerprint density at radius 3 is 2.77 bits per heavy atom. The normalized spacial score (nSPS) is 18.5. The maximum atomic E-state index is 12.7. The minimum Gasteiger partial charge on any atom is -0.445 e. The van der Waals surface area contributed by atoms with Crippen molar-refractivity contribution in [2.75, 3.05) is 6.54 Å². The fraction of sp³-hybridized carbons (Fsp3) is 0.333. The monoisotopic (exact) mass is 410 g/mol. The van der Waals surface area contributed by atoms with Gasteiger partial charge >= 0.3 is 0 Å². The lowest BCUT2D eigenvalue weighted by molar-refractivity contribution is -0.138. The molecule has 1 aromatic carbocycles. The Morgan fingerprint density at radius 2 is 2.10 bits per heavy atom. The number of aliphatic hydroxyl groups is 1. The standard InChI is InChI=1S/C21H22N4O5/c1-13-8-17(30-24-13)10-19(27)25-12-16(26)9-18(25)20(28)23-11-14-2-4-15(5-3-14)21-22-6-7-29-21/h2-8,16,18,26H,9-12H2,1H3,(H,23,28)/t16-,18+/m1/s1. The van der Waals surface area contributed by atoms with Crippen LogP contribution in [0.3, 0.4) is 0 Å². The molecule has 0 saturated carbocycles. The highest BCUT2D eigenvalue weighted by Gasteiger charge is 2.38. The van der Waals surface area contributed by atoms with Gasteiger partial charge < -0.3 is 24.3 Å². The molecule has 30 heavy (non-hydrogen) atoms. The van der Waals surface area contributed by atoms with Gasteiger partial charge in [-0.15, -0.1) is 0 Å². The van der Waals surface area contributed by atoms with Gasteiger partial charge in [-0.05, 0) is 24.6 Å². The molecule has 2 atom stereocenters. The molecule has 0 unspecified atom stereocenters. The van der Waals surface area contributed by atoms with Crippen molar-refractivity contribution >= 4 is 11.8 Å². The topological polar surface area (TPSA) is 122 Å². The molecular weight excluding hydrogens is 388 g/mol. The molecule has 0 aliphatic carbocycles. The minimum atomic E-state index is -0.735. The van der Waals surface area contributed by atoms with E-state index in [2.05, 4.69) is 15.5 Å². The molecule has 0 spiro atoms. The number of nitrogens with one attached hydrogen (secondary N) is 1. The first-order valence-corrected chi connectivity index (χ1v) is 9.66. The molecule has 2 N–H and O–H groups in total. The molecule has 4 rings (SSSR count). The summed E-state index contributed by atoms with van der Waals surface area (Å²) in [5.74, 6) is 0.384. The third kappa shape index (κ3) is 4.41. The number of oxazole rings is 1. The van der Waals surface area contributed by atoms with Gasteiger partial charge in [-0.1, -0.05) is 17.3 Å². The maximum Gasteiger partial charge on any atom is 0.243 e. The molecule has 0 radical (unpaired) electrons. The number of aliphatic hydroxyl groups excluding tert-OH is 1. The number of amides is 2. The quantitative estimate of drug-likeness (QED) is 0.631. The Kier molecular flexibility index (Phi) is 5.62. The summed E-state index contributed by atoms with van der Waals surface area (Å²) >= 11 is 0. The molecule has 1 aliphatic rings. The van der Waals surface area contributed by atoms with Crippen molar-refractivity contribution < 1.29 is 23.6 Å². The SMILES string of the molecule is Cc1cc(CC(=O)N2C[C@H](O)C[C@H]2C(=O)NCc2ccc(-c3ncco3)cc2)on1. The predicted molar refractivity (Wildman–Crippen MR) is 105 cm³/mol. The van der Waals surface area contributed by atoms with Crippen molar-refractivity contribution in [2.24, 2.45) is 0 Å². The van der Waals surface area contributed by atoms with Gasteiger partial charge in [-0.25, -0.2) is 4.98 Å². The van der Waals surface area contributed by atoms with Crippen molar-refractivity contribution in [3.8, 4) is 11.5 Å². The summed E-state index contributed by atoms with van der Waals surface area (Å²) in [6.07, 6.45) is 2.56. The maximum absolute atomic E-state index is 12.7. The van der Waals surface area contributed by atoms with E-state index in [1.807, 2.05) is 24.3 Å². The number of carbonyl (C=O) groups excluding carboxylic acids is 2. The second kappa shape index (κ2) is 8.50. The molecular formula is C21H22N4O5. The van der Waals surface area contributed by atoms with E-state index in [4.69, 9.17) is 8.94 Å². The Labute approximate surface area is 172 Å². The Balaban J connectivity index is 1.36. The average Bonchev–Trinajstić information content (AvgIpc) is 3.48. The van der Waals surface area contributed by atoms with Crippen molar-refractivity contribution in [3.05, 3.63) is 59.8 Å². The van der Waals surface area contributed by atoms with E-state index in [9.17, 15) is 14.7 Å². The van der Waals surface area contributed by atoms with Crippen molar-refractivity contribution in [3.63, 3.8) is 0 Å². The fourth-order valence-electron chi connectivity index (χ4n) is 3.53. The number of aromatic nitrogens is 2. The number of rotatable bonds is 6. The van der Waals surface area contributed by atoms with Gasteiger partial charge in [0.15, 0.2) is 0 Å². The van der Waals surface area contributed by atoms with Crippen LogP contribution in [0.5, 0.6) is 0 Å². The highest BCUT2D eigenvalue weighted by atomic mass is 16.5. The van der Waals surface area contributed by atoms with Crippen LogP contribution in [-0.4, -0.2) is 50.7 Å². The number of hydrogen-bond donors (Lipinski definition) is 2. The number of benzene rings is 1. The van der Waals surface area contributed by atoms with E-state index < -0.39 is 12.1 Å². The molecule has 0 bridgehead atoms. The lowest BCUT2D eigenvalue weighted by Crippen LogP contribution is -2.46. The summed E-state index contributed by atoms with van der Waals surface area (Å²) in [6.45, 7) is 2.19. The Bertz CT molecular complexity index is 1010. The zero-order valence-electron chi connectivity index (χ0n) is 16.4. The second-order valence-electron chi connectivity index (χ2n) is 7.31.